The van der Waals surface area contributed by atoms with Gasteiger partial charge in [0.05, 0.1) is 11.5 Å². The van der Waals surface area contributed by atoms with Crippen molar-refractivity contribution in [3.05, 3.63) is 35.1 Å². The number of benzene rings is 1. The fraction of sp³-hybridized carbons (Fsp3) is 0.429. The molecule has 0 saturated carbocycles. The molecule has 1 aliphatic heterocycles. The lowest BCUT2D eigenvalue weighted by molar-refractivity contribution is -0.142. The van der Waals surface area contributed by atoms with Gasteiger partial charge in [0.15, 0.2) is 0 Å². The first kappa shape index (κ1) is 16.3. The van der Waals surface area contributed by atoms with Crippen LogP contribution >= 0.6 is 0 Å². The number of likely N-dealkylation sites (tertiary alicyclic amines) is 1. The highest BCUT2D eigenvalue weighted by molar-refractivity contribution is 5.95. The molecule has 1 N–H and O–H groups in total. The van der Waals surface area contributed by atoms with E-state index in [1.54, 1.807) is 6.92 Å². The number of nitrogens with zero attached hydrogens (tertiary/aromatic N) is 1. The van der Waals surface area contributed by atoms with E-state index in [1.165, 1.54) is 0 Å². The number of carboxylic acid groups (broad SMARTS) is 1. The molecule has 1 aromatic carbocycles. The Morgan fingerprint density at radius 2 is 1.86 bits per heavy atom. The van der Waals surface area contributed by atoms with Gasteiger partial charge in [0.1, 0.15) is 5.82 Å². The van der Waals surface area contributed by atoms with Gasteiger partial charge >= 0.3 is 12.1 Å². The Morgan fingerprint density at radius 1 is 1.23 bits per heavy atom. The van der Waals surface area contributed by atoms with Crippen molar-refractivity contribution < 1.29 is 32.3 Å². The van der Waals surface area contributed by atoms with Crippen molar-refractivity contribution in [1.29, 1.82) is 0 Å². The Kier molecular flexibility index (Phi) is 4.12. The van der Waals surface area contributed by atoms with E-state index in [0.717, 1.165) is 11.0 Å². The number of halogens is 4. The highest BCUT2D eigenvalue weighted by Gasteiger charge is 2.38. The summed E-state index contributed by atoms with van der Waals surface area (Å²) in [6, 6.07) is 1.60. The Hall–Kier alpha value is -2.12. The molecule has 0 radical (unpaired) electrons. The molecule has 0 aromatic heterocycles. The van der Waals surface area contributed by atoms with Crippen LogP contribution < -0.4 is 0 Å². The molecule has 1 aromatic rings. The van der Waals surface area contributed by atoms with Crippen molar-refractivity contribution >= 4 is 11.9 Å². The van der Waals surface area contributed by atoms with E-state index in [0.29, 0.717) is 12.1 Å². The lowest BCUT2D eigenvalue weighted by Gasteiger charge is -2.17. The first-order chi connectivity index (χ1) is 10.1. The van der Waals surface area contributed by atoms with Gasteiger partial charge in [-0.3, -0.25) is 9.59 Å². The van der Waals surface area contributed by atoms with Crippen LogP contribution in [0.25, 0.3) is 0 Å². The first-order valence-electron chi connectivity index (χ1n) is 6.49. The molecule has 4 nitrogen and oxygen atoms in total. The molecule has 2 atom stereocenters. The van der Waals surface area contributed by atoms with Gasteiger partial charge in [-0.25, -0.2) is 4.39 Å². The van der Waals surface area contributed by atoms with Gasteiger partial charge in [-0.05, 0) is 24.1 Å². The molecular weight excluding hydrogens is 306 g/mol. The molecule has 0 spiro atoms. The van der Waals surface area contributed by atoms with Crippen molar-refractivity contribution in [2.24, 2.45) is 11.8 Å². The van der Waals surface area contributed by atoms with Crippen molar-refractivity contribution in [2.75, 3.05) is 13.1 Å². The summed E-state index contributed by atoms with van der Waals surface area (Å²) in [5, 5.41) is 9.00. The highest BCUT2D eigenvalue weighted by Crippen LogP contribution is 2.31. The number of amides is 1. The Bertz CT molecular complexity index is 615. The zero-order chi connectivity index (χ0) is 16.7. The van der Waals surface area contributed by atoms with Crippen LogP contribution in [0.3, 0.4) is 0 Å². The summed E-state index contributed by atoms with van der Waals surface area (Å²) in [6.45, 7) is 1.64. The normalized spacial score (nSPS) is 22.0. The van der Waals surface area contributed by atoms with Crippen LogP contribution in [0.4, 0.5) is 17.6 Å². The standard InChI is InChI=1S/C14H13F4NO3/c1-7-5-19(6-11(7)13(21)22)12(20)8-2-9(14(16,17)18)4-10(15)3-8/h2-4,7,11H,5-6H2,1H3,(H,21,22)/t7-,11-/m1/s1. The molecule has 0 unspecified atom stereocenters. The second-order valence-corrected chi connectivity index (χ2v) is 5.36. The molecule has 22 heavy (non-hydrogen) atoms. The molecule has 1 saturated heterocycles. The number of rotatable bonds is 2. The van der Waals surface area contributed by atoms with Crippen LogP contribution in [0.5, 0.6) is 0 Å². The Labute approximate surface area is 123 Å². The topological polar surface area (TPSA) is 57.6 Å². The molecule has 1 amide bonds. The maximum atomic E-state index is 13.3. The predicted octanol–water partition coefficient (Wildman–Crippen LogP) is 2.64. The van der Waals surface area contributed by atoms with Crippen molar-refractivity contribution in [2.45, 2.75) is 13.1 Å². The van der Waals surface area contributed by atoms with Crippen molar-refractivity contribution in [3.8, 4) is 0 Å². The minimum Gasteiger partial charge on any atom is -0.481 e. The van der Waals surface area contributed by atoms with Crippen molar-refractivity contribution in [1.82, 2.24) is 4.90 Å². The Morgan fingerprint density at radius 3 is 2.36 bits per heavy atom. The predicted molar refractivity (Wildman–Crippen MR) is 67.6 cm³/mol. The number of carbonyl (C=O) groups is 2. The average molecular weight is 319 g/mol. The van der Waals surface area contributed by atoms with E-state index in [-0.39, 0.29) is 19.0 Å². The fourth-order valence-corrected chi connectivity index (χ4v) is 2.51. The summed E-state index contributed by atoms with van der Waals surface area (Å²) in [4.78, 5) is 24.3. The summed E-state index contributed by atoms with van der Waals surface area (Å²) in [7, 11) is 0. The van der Waals surface area contributed by atoms with E-state index in [9.17, 15) is 27.2 Å². The van der Waals surface area contributed by atoms with Gasteiger partial charge < -0.3 is 10.0 Å². The van der Waals surface area contributed by atoms with Crippen LogP contribution in [0.2, 0.25) is 0 Å². The van der Waals surface area contributed by atoms with E-state index >= 15 is 0 Å². The number of alkyl halides is 3. The molecule has 120 valence electrons. The number of hydrogen-bond acceptors (Lipinski definition) is 2. The Balaban J connectivity index is 2.27. The number of carboxylic acids is 1. The van der Waals surface area contributed by atoms with Gasteiger partial charge in [0.2, 0.25) is 0 Å². The van der Waals surface area contributed by atoms with Crippen LogP contribution in [-0.2, 0) is 11.0 Å². The molecule has 0 bridgehead atoms. The minimum atomic E-state index is -4.76. The minimum absolute atomic E-state index is 0.104. The third-order valence-corrected chi connectivity index (χ3v) is 3.69. The monoisotopic (exact) mass is 319 g/mol. The lowest BCUT2D eigenvalue weighted by atomic mass is 9.99. The molecule has 1 heterocycles. The summed E-state index contributed by atoms with van der Waals surface area (Å²) in [6.07, 6.45) is -4.76. The largest absolute Gasteiger partial charge is 0.481 e. The average Bonchev–Trinajstić information content (AvgIpc) is 2.78. The van der Waals surface area contributed by atoms with E-state index in [2.05, 4.69) is 0 Å². The number of hydrogen-bond donors (Lipinski definition) is 1. The van der Waals surface area contributed by atoms with Gasteiger partial charge in [-0.15, -0.1) is 0 Å². The maximum Gasteiger partial charge on any atom is 0.416 e. The quantitative estimate of drug-likeness (QED) is 0.853. The smallest absolute Gasteiger partial charge is 0.416 e. The third-order valence-electron chi connectivity index (χ3n) is 3.69. The molecule has 1 fully saturated rings. The van der Waals surface area contributed by atoms with E-state index in [1.807, 2.05) is 0 Å². The third kappa shape index (κ3) is 3.20. The van der Waals surface area contributed by atoms with Crippen LogP contribution in [-0.4, -0.2) is 35.0 Å². The van der Waals surface area contributed by atoms with E-state index in [4.69, 9.17) is 5.11 Å². The van der Waals surface area contributed by atoms with Gasteiger partial charge in [0, 0.05) is 18.7 Å². The SMILES string of the molecule is C[C@@H]1CN(C(=O)c2cc(F)cc(C(F)(F)F)c2)C[C@H]1C(=O)O. The molecule has 8 heteroatoms. The zero-order valence-electron chi connectivity index (χ0n) is 11.5. The summed E-state index contributed by atoms with van der Waals surface area (Å²) >= 11 is 0. The maximum absolute atomic E-state index is 13.3. The number of aliphatic carboxylic acids is 1. The summed E-state index contributed by atoms with van der Waals surface area (Å²) < 4.78 is 51.3. The van der Waals surface area contributed by atoms with Crippen LogP contribution in [0.15, 0.2) is 18.2 Å². The molecular formula is C14H13F4NO3. The molecule has 0 aliphatic carbocycles. The van der Waals surface area contributed by atoms with Crippen LogP contribution in [0.1, 0.15) is 22.8 Å². The number of carbonyl (C=O) groups excluding carboxylic acids is 1. The molecule has 2 rings (SSSR count). The lowest BCUT2D eigenvalue weighted by Crippen LogP contribution is -2.30. The van der Waals surface area contributed by atoms with Crippen LogP contribution in [0, 0.1) is 17.7 Å². The van der Waals surface area contributed by atoms with E-state index < -0.39 is 40.9 Å². The highest BCUT2D eigenvalue weighted by atomic mass is 19.4. The van der Waals surface area contributed by atoms with Crippen molar-refractivity contribution in [3.63, 3.8) is 0 Å². The zero-order valence-corrected chi connectivity index (χ0v) is 11.5. The second-order valence-electron chi connectivity index (χ2n) is 5.36. The summed E-state index contributed by atoms with van der Waals surface area (Å²) in [5.41, 5.74) is -1.69. The second kappa shape index (κ2) is 5.58. The fourth-order valence-electron chi connectivity index (χ4n) is 2.51. The molecule has 1 aliphatic rings. The van der Waals surface area contributed by atoms with Gasteiger partial charge in [0.25, 0.3) is 5.91 Å². The first-order valence-corrected chi connectivity index (χ1v) is 6.49. The van der Waals surface area contributed by atoms with Gasteiger partial charge in [-0.1, -0.05) is 6.92 Å². The summed E-state index contributed by atoms with van der Waals surface area (Å²) in [5.74, 6) is -4.14. The van der Waals surface area contributed by atoms with Gasteiger partial charge in [-0.2, -0.15) is 13.2 Å².